The minimum absolute atomic E-state index is 0.0648. The number of ether oxygens (including phenoxy) is 1. The van der Waals surface area contributed by atoms with E-state index in [1.807, 2.05) is 60.0 Å². The fraction of sp³-hybridized carbons (Fsp3) is 0.211. The predicted octanol–water partition coefficient (Wildman–Crippen LogP) is 4.01. The Morgan fingerprint density at radius 2 is 2.00 bits per heavy atom. The van der Waals surface area contributed by atoms with Crippen molar-refractivity contribution in [1.29, 1.82) is 0 Å². The summed E-state index contributed by atoms with van der Waals surface area (Å²) in [5.74, 6) is 0.895. The molecular weight excluding hydrogens is 428 g/mol. The summed E-state index contributed by atoms with van der Waals surface area (Å²) in [6.07, 6.45) is 1.61. The largest absolute Gasteiger partial charge is 0.495 e. The van der Waals surface area contributed by atoms with Gasteiger partial charge in [0.15, 0.2) is 5.16 Å². The van der Waals surface area contributed by atoms with E-state index >= 15 is 0 Å². The molecule has 3 rings (SSSR count). The highest BCUT2D eigenvalue weighted by molar-refractivity contribution is 9.10. The number of nitrogens with zero attached hydrogens (tertiary/aromatic N) is 3. The molecule has 0 bridgehead atoms. The second-order valence-corrected chi connectivity index (χ2v) is 7.64. The first-order valence-electron chi connectivity index (χ1n) is 8.29. The summed E-state index contributed by atoms with van der Waals surface area (Å²) in [6.45, 7) is 1.96. The summed E-state index contributed by atoms with van der Waals surface area (Å²) in [4.78, 5) is 12.3. The third-order valence-electron chi connectivity index (χ3n) is 3.94. The van der Waals surface area contributed by atoms with Gasteiger partial charge in [0.05, 0.1) is 24.6 Å². The summed E-state index contributed by atoms with van der Waals surface area (Å²) >= 11 is 4.74. The number of hydrogen-bond donors (Lipinski definition) is 1. The summed E-state index contributed by atoms with van der Waals surface area (Å²) in [6, 6.07) is 15.4. The molecule has 0 saturated heterocycles. The van der Waals surface area contributed by atoms with Gasteiger partial charge in [0.1, 0.15) is 12.1 Å². The lowest BCUT2D eigenvalue weighted by molar-refractivity contribution is -0.119. The standard InChI is InChI=1S/C19H19BrN4O2S/c1-13(14-7-9-15(20)10-8-14)22-18(25)11-27-19-23-21-12-24(19)16-5-3-4-6-17(16)26-2/h3-10,12-13H,11H2,1-2H3,(H,22,25)/t13-/m0/s1. The Bertz CT molecular complexity index is 914. The van der Waals surface area contributed by atoms with Gasteiger partial charge in [-0.05, 0) is 36.8 Å². The summed E-state index contributed by atoms with van der Waals surface area (Å²) in [5, 5.41) is 11.7. The average molecular weight is 447 g/mol. The molecule has 0 radical (unpaired) electrons. The molecule has 1 amide bonds. The van der Waals surface area contributed by atoms with Gasteiger partial charge in [0.2, 0.25) is 5.91 Å². The van der Waals surface area contributed by atoms with Crippen LogP contribution in [0.15, 0.2) is 64.5 Å². The van der Waals surface area contributed by atoms with Crippen LogP contribution in [0.3, 0.4) is 0 Å². The van der Waals surface area contributed by atoms with Gasteiger partial charge in [-0.25, -0.2) is 0 Å². The Balaban J connectivity index is 1.63. The number of carbonyl (C=O) groups excluding carboxylic acids is 1. The maximum atomic E-state index is 12.3. The van der Waals surface area contributed by atoms with E-state index in [2.05, 4.69) is 31.4 Å². The maximum absolute atomic E-state index is 12.3. The number of para-hydroxylation sites is 2. The molecule has 0 saturated carbocycles. The van der Waals surface area contributed by atoms with Crippen LogP contribution in [0.1, 0.15) is 18.5 Å². The maximum Gasteiger partial charge on any atom is 0.230 e. The Labute approximate surface area is 170 Å². The first kappa shape index (κ1) is 19.4. The lowest BCUT2D eigenvalue weighted by Gasteiger charge is -2.14. The van der Waals surface area contributed by atoms with Crippen LogP contribution in [0, 0.1) is 0 Å². The van der Waals surface area contributed by atoms with Crippen molar-refractivity contribution in [2.45, 2.75) is 18.1 Å². The molecule has 0 fully saturated rings. The van der Waals surface area contributed by atoms with Gasteiger partial charge in [-0.2, -0.15) is 0 Å². The highest BCUT2D eigenvalue weighted by Crippen LogP contribution is 2.26. The molecule has 0 aliphatic rings. The molecule has 0 aliphatic carbocycles. The van der Waals surface area contributed by atoms with Crippen LogP contribution in [-0.4, -0.2) is 33.5 Å². The molecule has 0 spiro atoms. The quantitative estimate of drug-likeness (QED) is 0.555. The van der Waals surface area contributed by atoms with Gasteiger partial charge < -0.3 is 10.1 Å². The molecule has 6 nitrogen and oxygen atoms in total. The monoisotopic (exact) mass is 446 g/mol. The van der Waals surface area contributed by atoms with Crippen LogP contribution in [0.25, 0.3) is 5.69 Å². The van der Waals surface area contributed by atoms with E-state index in [1.54, 1.807) is 13.4 Å². The van der Waals surface area contributed by atoms with Crippen LogP contribution in [-0.2, 0) is 4.79 Å². The van der Waals surface area contributed by atoms with E-state index in [0.717, 1.165) is 15.7 Å². The van der Waals surface area contributed by atoms with Crippen molar-refractivity contribution in [3.05, 3.63) is 64.9 Å². The first-order chi connectivity index (χ1) is 13.1. The van der Waals surface area contributed by atoms with Crippen molar-refractivity contribution >= 4 is 33.6 Å². The Kier molecular flexibility index (Phi) is 6.52. The van der Waals surface area contributed by atoms with E-state index in [9.17, 15) is 4.79 Å². The zero-order valence-electron chi connectivity index (χ0n) is 14.9. The van der Waals surface area contributed by atoms with Crippen molar-refractivity contribution in [2.24, 2.45) is 0 Å². The normalized spacial score (nSPS) is 11.8. The molecule has 8 heteroatoms. The smallest absolute Gasteiger partial charge is 0.230 e. The van der Waals surface area contributed by atoms with Gasteiger partial charge in [-0.15, -0.1) is 10.2 Å². The average Bonchev–Trinajstić information content (AvgIpc) is 3.15. The molecule has 1 atom stereocenters. The number of thioether (sulfide) groups is 1. The fourth-order valence-corrected chi connectivity index (χ4v) is 3.56. The minimum atomic E-state index is -0.0710. The second-order valence-electron chi connectivity index (χ2n) is 5.78. The molecule has 1 N–H and O–H groups in total. The van der Waals surface area contributed by atoms with Gasteiger partial charge in [0.25, 0.3) is 0 Å². The highest BCUT2D eigenvalue weighted by Gasteiger charge is 2.14. The van der Waals surface area contributed by atoms with Crippen LogP contribution in [0.4, 0.5) is 0 Å². The zero-order valence-corrected chi connectivity index (χ0v) is 17.3. The third-order valence-corrected chi connectivity index (χ3v) is 5.41. The van der Waals surface area contributed by atoms with E-state index in [-0.39, 0.29) is 17.7 Å². The van der Waals surface area contributed by atoms with Gasteiger partial charge >= 0.3 is 0 Å². The van der Waals surface area contributed by atoms with Crippen LogP contribution >= 0.6 is 27.7 Å². The number of benzene rings is 2. The van der Waals surface area contributed by atoms with E-state index in [0.29, 0.717) is 10.9 Å². The van der Waals surface area contributed by atoms with Crippen molar-refractivity contribution in [2.75, 3.05) is 12.9 Å². The number of aromatic nitrogens is 3. The number of hydrogen-bond acceptors (Lipinski definition) is 5. The SMILES string of the molecule is COc1ccccc1-n1cnnc1SCC(=O)N[C@@H](C)c1ccc(Br)cc1. The topological polar surface area (TPSA) is 69.0 Å². The number of methoxy groups -OCH3 is 1. The van der Waals surface area contributed by atoms with E-state index in [4.69, 9.17) is 4.74 Å². The van der Waals surface area contributed by atoms with Crippen molar-refractivity contribution in [3.63, 3.8) is 0 Å². The van der Waals surface area contributed by atoms with Gasteiger partial charge in [-0.3, -0.25) is 9.36 Å². The fourth-order valence-electron chi connectivity index (χ4n) is 2.56. The molecule has 3 aromatic rings. The van der Waals surface area contributed by atoms with Crippen molar-refractivity contribution in [1.82, 2.24) is 20.1 Å². The lowest BCUT2D eigenvalue weighted by Crippen LogP contribution is -2.28. The second kappa shape index (κ2) is 9.05. The van der Waals surface area contributed by atoms with Gasteiger partial charge in [0, 0.05) is 4.47 Å². The van der Waals surface area contributed by atoms with Crippen molar-refractivity contribution < 1.29 is 9.53 Å². The molecular formula is C19H19BrN4O2S. The lowest BCUT2D eigenvalue weighted by atomic mass is 10.1. The van der Waals surface area contributed by atoms with E-state index in [1.165, 1.54) is 11.8 Å². The molecule has 0 unspecified atom stereocenters. The molecule has 1 heterocycles. The summed E-state index contributed by atoms with van der Waals surface area (Å²) in [7, 11) is 1.62. The molecule has 0 aliphatic heterocycles. The van der Waals surface area contributed by atoms with Gasteiger partial charge in [-0.1, -0.05) is 52.0 Å². The molecule has 140 valence electrons. The number of halogens is 1. The molecule has 2 aromatic carbocycles. The Hall–Kier alpha value is -2.32. The molecule has 27 heavy (non-hydrogen) atoms. The zero-order chi connectivity index (χ0) is 19.2. The Morgan fingerprint density at radius 1 is 1.26 bits per heavy atom. The number of amides is 1. The van der Waals surface area contributed by atoms with Crippen LogP contribution < -0.4 is 10.1 Å². The van der Waals surface area contributed by atoms with E-state index < -0.39 is 0 Å². The van der Waals surface area contributed by atoms with Crippen LogP contribution in [0.2, 0.25) is 0 Å². The summed E-state index contributed by atoms with van der Waals surface area (Å²) in [5.41, 5.74) is 1.88. The molecule has 1 aromatic heterocycles. The first-order valence-corrected chi connectivity index (χ1v) is 10.1. The third kappa shape index (κ3) is 4.90. The number of carbonyl (C=O) groups is 1. The van der Waals surface area contributed by atoms with Crippen LogP contribution in [0.5, 0.6) is 5.75 Å². The number of rotatable bonds is 7. The Morgan fingerprint density at radius 3 is 2.74 bits per heavy atom. The number of nitrogens with one attached hydrogen (secondary N) is 1. The highest BCUT2D eigenvalue weighted by atomic mass is 79.9. The summed E-state index contributed by atoms with van der Waals surface area (Å²) < 4.78 is 8.22. The minimum Gasteiger partial charge on any atom is -0.495 e. The van der Waals surface area contributed by atoms with Crippen molar-refractivity contribution in [3.8, 4) is 11.4 Å². The predicted molar refractivity (Wildman–Crippen MR) is 109 cm³/mol.